The first-order valence-corrected chi connectivity index (χ1v) is 5.28. The standard InChI is InChI=1S/C11H16F2N2O2/c1-8(7-16)14(2)11(17)9-4-3-5-15(9)6-10(12)13/h3-5,8,10,16H,6-7H2,1-2H3. The number of carbonyl (C=O) groups excluding carboxylic acids is 1. The summed E-state index contributed by atoms with van der Waals surface area (Å²) in [5, 5.41) is 8.95. The van der Waals surface area contributed by atoms with Crippen molar-refractivity contribution in [1.29, 1.82) is 0 Å². The van der Waals surface area contributed by atoms with Gasteiger partial charge in [-0.3, -0.25) is 4.79 Å². The van der Waals surface area contributed by atoms with Crippen LogP contribution >= 0.6 is 0 Å². The molecular weight excluding hydrogens is 230 g/mol. The molecule has 6 heteroatoms. The van der Waals surface area contributed by atoms with Gasteiger partial charge in [-0.2, -0.15) is 0 Å². The second kappa shape index (κ2) is 5.77. The van der Waals surface area contributed by atoms with Gasteiger partial charge in [0, 0.05) is 13.2 Å². The maximum Gasteiger partial charge on any atom is 0.270 e. The van der Waals surface area contributed by atoms with Crippen molar-refractivity contribution < 1.29 is 18.7 Å². The first-order chi connectivity index (χ1) is 7.97. The first kappa shape index (κ1) is 13.6. The van der Waals surface area contributed by atoms with Crippen LogP contribution in [-0.2, 0) is 6.54 Å². The highest BCUT2D eigenvalue weighted by Crippen LogP contribution is 2.10. The van der Waals surface area contributed by atoms with Crippen molar-refractivity contribution in [3.63, 3.8) is 0 Å². The van der Waals surface area contributed by atoms with Crippen LogP contribution in [0.2, 0.25) is 0 Å². The van der Waals surface area contributed by atoms with E-state index in [1.807, 2.05) is 0 Å². The van der Waals surface area contributed by atoms with Crippen LogP contribution in [0, 0.1) is 0 Å². The normalized spacial score (nSPS) is 12.8. The number of aliphatic hydroxyl groups excluding tert-OH is 1. The summed E-state index contributed by atoms with van der Waals surface area (Å²) >= 11 is 0. The van der Waals surface area contributed by atoms with Crippen molar-refractivity contribution in [3.05, 3.63) is 24.0 Å². The van der Waals surface area contributed by atoms with Crippen molar-refractivity contribution in [1.82, 2.24) is 9.47 Å². The Hall–Kier alpha value is -1.43. The van der Waals surface area contributed by atoms with Gasteiger partial charge in [0.2, 0.25) is 0 Å². The molecule has 1 atom stereocenters. The van der Waals surface area contributed by atoms with Crippen molar-refractivity contribution in [2.45, 2.75) is 25.9 Å². The minimum absolute atomic E-state index is 0.169. The smallest absolute Gasteiger partial charge is 0.270 e. The number of likely N-dealkylation sites (N-methyl/N-ethyl adjacent to an activating group) is 1. The number of rotatable bonds is 5. The summed E-state index contributed by atoms with van der Waals surface area (Å²) in [5.41, 5.74) is 0.202. The van der Waals surface area contributed by atoms with Gasteiger partial charge in [0.05, 0.1) is 19.2 Å². The number of amides is 1. The fourth-order valence-corrected chi connectivity index (χ4v) is 1.42. The third-order valence-electron chi connectivity index (χ3n) is 2.63. The molecule has 1 aromatic rings. The topological polar surface area (TPSA) is 45.5 Å². The molecule has 1 amide bonds. The van der Waals surface area contributed by atoms with Gasteiger partial charge in [0.15, 0.2) is 0 Å². The number of nitrogens with zero attached hydrogens (tertiary/aromatic N) is 2. The molecule has 0 aliphatic rings. The van der Waals surface area contributed by atoms with E-state index < -0.39 is 13.0 Å². The molecule has 0 aliphatic carbocycles. The van der Waals surface area contributed by atoms with Crippen molar-refractivity contribution >= 4 is 5.91 Å². The predicted molar refractivity (Wildman–Crippen MR) is 59.1 cm³/mol. The van der Waals surface area contributed by atoms with Crippen LogP contribution < -0.4 is 0 Å². The Morgan fingerprint density at radius 1 is 1.59 bits per heavy atom. The van der Waals surface area contributed by atoms with Gasteiger partial charge in [-0.15, -0.1) is 0 Å². The summed E-state index contributed by atoms with van der Waals surface area (Å²) in [7, 11) is 1.53. The first-order valence-electron chi connectivity index (χ1n) is 5.28. The third kappa shape index (κ3) is 3.26. The predicted octanol–water partition coefficient (Wildman–Crippen LogP) is 1.21. The van der Waals surface area contributed by atoms with Crippen molar-refractivity contribution in [2.24, 2.45) is 0 Å². The van der Waals surface area contributed by atoms with E-state index in [9.17, 15) is 13.6 Å². The Balaban J connectivity index is 2.85. The Morgan fingerprint density at radius 3 is 2.76 bits per heavy atom. The molecule has 1 unspecified atom stereocenters. The zero-order chi connectivity index (χ0) is 13.0. The molecule has 0 aliphatic heterocycles. The van der Waals surface area contributed by atoms with E-state index in [-0.39, 0.29) is 24.2 Å². The van der Waals surface area contributed by atoms with E-state index in [0.29, 0.717) is 0 Å². The number of hydrogen-bond acceptors (Lipinski definition) is 2. The number of aliphatic hydroxyl groups is 1. The molecule has 17 heavy (non-hydrogen) atoms. The third-order valence-corrected chi connectivity index (χ3v) is 2.63. The molecule has 0 saturated heterocycles. The monoisotopic (exact) mass is 246 g/mol. The summed E-state index contributed by atoms with van der Waals surface area (Å²) in [5.74, 6) is -0.378. The zero-order valence-electron chi connectivity index (χ0n) is 9.81. The maximum absolute atomic E-state index is 12.3. The lowest BCUT2D eigenvalue weighted by Crippen LogP contribution is -2.38. The van der Waals surface area contributed by atoms with Crippen LogP contribution in [0.25, 0.3) is 0 Å². The van der Waals surface area contributed by atoms with E-state index >= 15 is 0 Å². The van der Waals surface area contributed by atoms with Gasteiger partial charge in [-0.25, -0.2) is 8.78 Å². The van der Waals surface area contributed by atoms with Gasteiger partial charge >= 0.3 is 0 Å². The average Bonchev–Trinajstić information content (AvgIpc) is 2.73. The molecule has 0 radical (unpaired) electrons. The molecule has 96 valence electrons. The lowest BCUT2D eigenvalue weighted by atomic mass is 10.3. The molecule has 0 bridgehead atoms. The fourth-order valence-electron chi connectivity index (χ4n) is 1.42. The SMILES string of the molecule is CC(CO)N(C)C(=O)c1cccn1CC(F)F. The van der Waals surface area contributed by atoms with Crippen LogP contribution in [0.1, 0.15) is 17.4 Å². The number of aromatic nitrogens is 1. The van der Waals surface area contributed by atoms with Crippen molar-refractivity contribution in [3.8, 4) is 0 Å². The second-order valence-corrected chi connectivity index (χ2v) is 3.88. The Labute approximate surface area is 98.5 Å². The highest BCUT2D eigenvalue weighted by molar-refractivity contribution is 5.92. The molecule has 4 nitrogen and oxygen atoms in total. The number of hydrogen-bond donors (Lipinski definition) is 1. The van der Waals surface area contributed by atoms with Crippen molar-refractivity contribution in [2.75, 3.05) is 13.7 Å². The summed E-state index contributed by atoms with van der Waals surface area (Å²) in [6.07, 6.45) is -1.06. The number of carbonyl (C=O) groups is 1. The highest BCUT2D eigenvalue weighted by Gasteiger charge is 2.20. The van der Waals surface area contributed by atoms with E-state index in [0.717, 1.165) is 0 Å². The fraction of sp³-hybridized carbons (Fsp3) is 0.545. The molecule has 0 aromatic carbocycles. The summed E-state index contributed by atoms with van der Waals surface area (Å²) in [6.45, 7) is 1.01. The second-order valence-electron chi connectivity index (χ2n) is 3.88. The summed E-state index contributed by atoms with van der Waals surface area (Å²) < 4.78 is 25.8. The van der Waals surface area contributed by atoms with Gasteiger partial charge in [-0.05, 0) is 19.1 Å². The Kier molecular flexibility index (Phi) is 4.62. The molecule has 0 fully saturated rings. The zero-order valence-corrected chi connectivity index (χ0v) is 9.81. The number of alkyl halides is 2. The van der Waals surface area contributed by atoms with E-state index in [2.05, 4.69) is 0 Å². The molecular formula is C11H16F2N2O2. The van der Waals surface area contributed by atoms with Crippen LogP contribution in [-0.4, -0.2) is 46.6 Å². The Bertz CT molecular complexity index is 379. The van der Waals surface area contributed by atoms with E-state index in [1.165, 1.54) is 28.8 Å². The Morgan fingerprint density at radius 2 is 2.24 bits per heavy atom. The van der Waals surface area contributed by atoms with Gasteiger partial charge < -0.3 is 14.6 Å². The summed E-state index contributed by atoms with van der Waals surface area (Å²) in [6, 6.07) is 2.69. The molecule has 0 spiro atoms. The molecule has 1 heterocycles. The van der Waals surface area contributed by atoms with Crippen LogP contribution in [0.15, 0.2) is 18.3 Å². The van der Waals surface area contributed by atoms with Crippen LogP contribution in [0.3, 0.4) is 0 Å². The lowest BCUT2D eigenvalue weighted by molar-refractivity contribution is 0.0663. The molecule has 0 saturated carbocycles. The minimum Gasteiger partial charge on any atom is -0.394 e. The highest BCUT2D eigenvalue weighted by atomic mass is 19.3. The van der Waals surface area contributed by atoms with E-state index in [1.54, 1.807) is 13.0 Å². The number of halogens is 2. The van der Waals surface area contributed by atoms with Crippen LogP contribution in [0.4, 0.5) is 8.78 Å². The minimum atomic E-state index is -2.51. The summed E-state index contributed by atoms with van der Waals surface area (Å²) in [4.78, 5) is 13.3. The lowest BCUT2D eigenvalue weighted by Gasteiger charge is -2.23. The molecule has 1 N–H and O–H groups in total. The molecule has 1 rings (SSSR count). The maximum atomic E-state index is 12.3. The van der Waals surface area contributed by atoms with Crippen LogP contribution in [0.5, 0.6) is 0 Å². The van der Waals surface area contributed by atoms with Gasteiger partial charge in [0.1, 0.15) is 5.69 Å². The largest absolute Gasteiger partial charge is 0.394 e. The average molecular weight is 246 g/mol. The van der Waals surface area contributed by atoms with Gasteiger partial charge in [-0.1, -0.05) is 0 Å². The quantitative estimate of drug-likeness (QED) is 0.848. The van der Waals surface area contributed by atoms with E-state index in [4.69, 9.17) is 5.11 Å². The van der Waals surface area contributed by atoms with Gasteiger partial charge in [0.25, 0.3) is 12.3 Å². The molecule has 1 aromatic heterocycles.